The van der Waals surface area contributed by atoms with Crippen LogP contribution in [0.15, 0.2) is 30.3 Å². The molecule has 2 heterocycles. The van der Waals surface area contributed by atoms with Crippen LogP contribution in [0.5, 0.6) is 0 Å². The number of nitrogens with one attached hydrogen (secondary N) is 2. The minimum Gasteiger partial charge on any atom is -0.361 e. The molecule has 0 unspecified atom stereocenters. The molecule has 144 valence electrons. The van der Waals surface area contributed by atoms with E-state index >= 15 is 0 Å². The molecule has 27 heavy (non-hydrogen) atoms. The van der Waals surface area contributed by atoms with Crippen molar-refractivity contribution < 1.29 is 0 Å². The van der Waals surface area contributed by atoms with Crippen LogP contribution < -0.4 is 0 Å². The lowest BCUT2D eigenvalue weighted by Crippen LogP contribution is -2.09. The van der Waals surface area contributed by atoms with E-state index in [-0.39, 0.29) is 5.92 Å². The number of aromatic nitrogens is 2. The third kappa shape index (κ3) is 3.38. The van der Waals surface area contributed by atoms with Crippen LogP contribution in [0, 0.1) is 13.8 Å². The highest BCUT2D eigenvalue weighted by Crippen LogP contribution is 2.38. The zero-order chi connectivity index (χ0) is 19.6. The first-order chi connectivity index (χ1) is 13.1. The Morgan fingerprint density at radius 3 is 1.41 bits per heavy atom. The van der Waals surface area contributed by atoms with Crippen molar-refractivity contribution in [1.29, 1.82) is 0 Å². The predicted molar refractivity (Wildman–Crippen MR) is 116 cm³/mol. The average molecular weight is 363 g/mol. The number of benzene rings is 1. The summed E-state index contributed by atoms with van der Waals surface area (Å²) < 4.78 is 0. The number of hydrogen-bond acceptors (Lipinski definition) is 0. The Labute approximate surface area is 164 Å². The van der Waals surface area contributed by atoms with E-state index < -0.39 is 0 Å². The highest BCUT2D eigenvalue weighted by Gasteiger charge is 2.28. The van der Waals surface area contributed by atoms with Crippen molar-refractivity contribution >= 4 is 0 Å². The van der Waals surface area contributed by atoms with Crippen molar-refractivity contribution in [2.24, 2.45) is 0 Å². The van der Waals surface area contributed by atoms with Crippen LogP contribution in [0.1, 0.15) is 84.2 Å². The van der Waals surface area contributed by atoms with Gasteiger partial charge in [-0.05, 0) is 67.3 Å². The van der Waals surface area contributed by atoms with Gasteiger partial charge in [0.2, 0.25) is 0 Å². The van der Waals surface area contributed by atoms with Gasteiger partial charge in [0.1, 0.15) is 0 Å². The van der Waals surface area contributed by atoms with Gasteiger partial charge in [-0.1, -0.05) is 58.0 Å². The minimum absolute atomic E-state index is 0.231. The van der Waals surface area contributed by atoms with Gasteiger partial charge in [-0.2, -0.15) is 0 Å². The van der Waals surface area contributed by atoms with Crippen LogP contribution in [0.3, 0.4) is 0 Å². The second-order valence-electron chi connectivity index (χ2n) is 7.50. The lowest BCUT2D eigenvalue weighted by molar-refractivity contribution is 0.847. The summed E-state index contributed by atoms with van der Waals surface area (Å²) >= 11 is 0. The summed E-state index contributed by atoms with van der Waals surface area (Å²) in [7, 11) is 0. The molecule has 3 aromatic rings. The van der Waals surface area contributed by atoms with Crippen molar-refractivity contribution in [3.63, 3.8) is 0 Å². The predicted octanol–water partition coefficient (Wildman–Crippen LogP) is 6.39. The smallest absolute Gasteiger partial charge is 0.0647 e. The summed E-state index contributed by atoms with van der Waals surface area (Å²) in [5.74, 6) is 0.231. The normalized spacial score (nSPS) is 11.5. The summed E-state index contributed by atoms with van der Waals surface area (Å²) in [6.45, 7) is 13.5. The lowest BCUT2D eigenvalue weighted by Gasteiger charge is -2.20. The second kappa shape index (κ2) is 8.21. The topological polar surface area (TPSA) is 31.6 Å². The van der Waals surface area contributed by atoms with Crippen molar-refractivity contribution in [2.75, 3.05) is 0 Å². The van der Waals surface area contributed by atoms with Gasteiger partial charge in [0.25, 0.3) is 0 Å². The van der Waals surface area contributed by atoms with Gasteiger partial charge in [0, 0.05) is 22.8 Å². The van der Waals surface area contributed by atoms with Crippen LogP contribution >= 0.6 is 0 Å². The van der Waals surface area contributed by atoms with Crippen molar-refractivity contribution in [3.8, 4) is 0 Å². The van der Waals surface area contributed by atoms with Crippen LogP contribution in [0.4, 0.5) is 0 Å². The van der Waals surface area contributed by atoms with Gasteiger partial charge >= 0.3 is 0 Å². The van der Waals surface area contributed by atoms with Crippen molar-refractivity contribution in [3.05, 3.63) is 80.9 Å². The SMILES string of the molecule is CCc1c(C)[nH]c(C(c2ccccc2)c2[nH]c(C)c(CC)c2CC)c1CC. The van der Waals surface area contributed by atoms with Gasteiger partial charge in [0.05, 0.1) is 5.92 Å². The first-order valence-electron chi connectivity index (χ1n) is 10.5. The third-order valence-electron chi connectivity index (χ3n) is 6.05. The molecule has 0 radical (unpaired) electrons. The average Bonchev–Trinajstić information content (AvgIpc) is 3.18. The molecular weight excluding hydrogens is 328 g/mol. The highest BCUT2D eigenvalue weighted by atomic mass is 14.8. The fourth-order valence-electron chi connectivity index (χ4n) is 4.86. The van der Waals surface area contributed by atoms with Crippen LogP contribution in [-0.4, -0.2) is 9.97 Å². The lowest BCUT2D eigenvalue weighted by atomic mass is 9.85. The molecular formula is C25H34N2. The van der Waals surface area contributed by atoms with E-state index in [1.807, 2.05) is 0 Å². The number of H-pyrrole nitrogens is 2. The number of rotatable bonds is 7. The standard InChI is InChI=1S/C25H34N2/c1-7-19-16(5)26-24(21(19)9-3)23(18-14-12-11-13-15-18)25-22(10-4)20(8-2)17(6)27-25/h11-15,23,26-27H,7-10H2,1-6H3. The Morgan fingerprint density at radius 1 is 0.630 bits per heavy atom. The largest absolute Gasteiger partial charge is 0.361 e. The Morgan fingerprint density at radius 2 is 1.04 bits per heavy atom. The molecule has 2 aromatic heterocycles. The van der Waals surface area contributed by atoms with Gasteiger partial charge in [-0.3, -0.25) is 0 Å². The number of aromatic amines is 2. The third-order valence-corrected chi connectivity index (χ3v) is 6.05. The summed E-state index contributed by atoms with van der Waals surface area (Å²) in [6, 6.07) is 11.0. The maximum Gasteiger partial charge on any atom is 0.0647 e. The van der Waals surface area contributed by atoms with E-state index in [0.717, 1.165) is 25.7 Å². The minimum atomic E-state index is 0.231. The fourth-order valence-corrected chi connectivity index (χ4v) is 4.86. The maximum atomic E-state index is 3.79. The molecule has 0 fully saturated rings. The van der Waals surface area contributed by atoms with Crippen LogP contribution in [0.25, 0.3) is 0 Å². The first-order valence-corrected chi connectivity index (χ1v) is 10.5. The van der Waals surface area contributed by atoms with Crippen molar-refractivity contribution in [2.45, 2.75) is 73.1 Å². The molecule has 0 aliphatic heterocycles. The van der Waals surface area contributed by atoms with E-state index in [9.17, 15) is 0 Å². The molecule has 3 rings (SSSR count). The molecule has 1 aromatic carbocycles. The van der Waals surface area contributed by atoms with Gasteiger partial charge in [-0.15, -0.1) is 0 Å². The molecule has 0 saturated carbocycles. The molecule has 0 aliphatic rings. The summed E-state index contributed by atoms with van der Waals surface area (Å²) in [5.41, 5.74) is 12.7. The molecule has 2 N–H and O–H groups in total. The van der Waals surface area contributed by atoms with Gasteiger partial charge in [-0.25, -0.2) is 0 Å². The first kappa shape index (κ1) is 19.5. The molecule has 2 heteroatoms. The van der Waals surface area contributed by atoms with Gasteiger partial charge < -0.3 is 9.97 Å². The zero-order valence-corrected chi connectivity index (χ0v) is 17.8. The van der Waals surface area contributed by atoms with Crippen LogP contribution in [0.2, 0.25) is 0 Å². The van der Waals surface area contributed by atoms with E-state index in [1.165, 1.54) is 50.6 Å². The summed E-state index contributed by atoms with van der Waals surface area (Å²) in [4.78, 5) is 7.58. The van der Waals surface area contributed by atoms with E-state index in [4.69, 9.17) is 0 Å². The molecule has 0 bridgehead atoms. The highest BCUT2D eigenvalue weighted by molar-refractivity contribution is 5.51. The van der Waals surface area contributed by atoms with E-state index in [1.54, 1.807) is 0 Å². The molecule has 2 nitrogen and oxygen atoms in total. The number of aryl methyl sites for hydroxylation is 2. The quantitative estimate of drug-likeness (QED) is 0.488. The second-order valence-corrected chi connectivity index (χ2v) is 7.50. The van der Waals surface area contributed by atoms with Crippen LogP contribution in [-0.2, 0) is 25.7 Å². The molecule has 0 aliphatic carbocycles. The molecule has 0 spiro atoms. The molecule has 0 amide bonds. The van der Waals surface area contributed by atoms with E-state index in [2.05, 4.69) is 81.8 Å². The zero-order valence-electron chi connectivity index (χ0n) is 17.8. The molecule has 0 saturated heterocycles. The van der Waals surface area contributed by atoms with E-state index in [0.29, 0.717) is 0 Å². The summed E-state index contributed by atoms with van der Waals surface area (Å²) in [6.07, 6.45) is 4.29. The maximum absolute atomic E-state index is 3.79. The Bertz CT molecular complexity index is 840. The van der Waals surface area contributed by atoms with Crippen molar-refractivity contribution in [1.82, 2.24) is 9.97 Å². The summed E-state index contributed by atoms with van der Waals surface area (Å²) in [5, 5.41) is 0. The van der Waals surface area contributed by atoms with Gasteiger partial charge in [0.15, 0.2) is 0 Å². The Hall–Kier alpha value is -2.22. The fraction of sp³-hybridized carbons (Fsp3) is 0.440. The monoisotopic (exact) mass is 362 g/mol. The number of hydrogen-bond donors (Lipinski definition) is 2. The molecule has 0 atom stereocenters. The Balaban J connectivity index is 2.30. The Kier molecular flexibility index (Phi) is 5.94.